The number of nitrogens with one attached hydrogen (secondary N) is 1. The van der Waals surface area contributed by atoms with Crippen molar-refractivity contribution in [1.82, 2.24) is 5.32 Å². The summed E-state index contributed by atoms with van der Waals surface area (Å²) >= 11 is 0. The third-order valence-electron chi connectivity index (χ3n) is 3.87. The van der Waals surface area contributed by atoms with Crippen LogP contribution in [0.5, 0.6) is 5.75 Å². The summed E-state index contributed by atoms with van der Waals surface area (Å²) in [7, 11) is 1.69. The van der Waals surface area contributed by atoms with Crippen molar-refractivity contribution in [2.75, 3.05) is 20.3 Å². The van der Waals surface area contributed by atoms with Gasteiger partial charge in [-0.05, 0) is 49.4 Å². The van der Waals surface area contributed by atoms with Gasteiger partial charge in [-0.25, -0.2) is 0 Å². The van der Waals surface area contributed by atoms with Crippen LogP contribution < -0.4 is 10.1 Å². The molecule has 100 valence electrons. The lowest BCUT2D eigenvalue weighted by Gasteiger charge is -2.19. The molecule has 0 aromatic heterocycles. The van der Waals surface area contributed by atoms with Crippen molar-refractivity contribution in [2.24, 2.45) is 5.92 Å². The molecule has 0 saturated heterocycles. The first-order valence-corrected chi connectivity index (χ1v) is 6.80. The van der Waals surface area contributed by atoms with E-state index in [9.17, 15) is 5.11 Å². The molecular weight excluding hydrogens is 226 g/mol. The van der Waals surface area contributed by atoms with Gasteiger partial charge < -0.3 is 15.2 Å². The van der Waals surface area contributed by atoms with Crippen LogP contribution in [0.2, 0.25) is 0 Å². The van der Waals surface area contributed by atoms with E-state index >= 15 is 0 Å². The van der Waals surface area contributed by atoms with Gasteiger partial charge in [0.2, 0.25) is 0 Å². The van der Waals surface area contributed by atoms with E-state index in [4.69, 9.17) is 4.74 Å². The topological polar surface area (TPSA) is 41.5 Å². The fourth-order valence-electron chi connectivity index (χ4n) is 2.72. The maximum atomic E-state index is 9.26. The molecule has 18 heavy (non-hydrogen) atoms. The van der Waals surface area contributed by atoms with Gasteiger partial charge in [-0.15, -0.1) is 0 Å². The Balaban J connectivity index is 1.74. The molecule has 2 atom stereocenters. The van der Waals surface area contributed by atoms with Gasteiger partial charge in [0.15, 0.2) is 0 Å². The van der Waals surface area contributed by atoms with Crippen molar-refractivity contribution in [3.8, 4) is 5.75 Å². The van der Waals surface area contributed by atoms with E-state index < -0.39 is 0 Å². The number of rotatable bonds is 6. The Bertz CT molecular complexity index is 350. The smallest absolute Gasteiger partial charge is 0.118 e. The van der Waals surface area contributed by atoms with Crippen LogP contribution in [0, 0.1) is 5.92 Å². The predicted octanol–water partition coefficient (Wildman–Crippen LogP) is 1.99. The second-order valence-corrected chi connectivity index (χ2v) is 5.03. The first kappa shape index (κ1) is 13.4. The zero-order chi connectivity index (χ0) is 12.8. The molecule has 1 aliphatic rings. The van der Waals surface area contributed by atoms with E-state index in [1.54, 1.807) is 7.11 Å². The van der Waals surface area contributed by atoms with Gasteiger partial charge in [0.1, 0.15) is 5.75 Å². The number of methoxy groups -OCH3 is 1. The second-order valence-electron chi connectivity index (χ2n) is 5.03. The lowest BCUT2D eigenvalue weighted by atomic mass is 10.0. The highest BCUT2D eigenvalue weighted by atomic mass is 16.5. The fourth-order valence-corrected chi connectivity index (χ4v) is 2.72. The molecule has 0 amide bonds. The SMILES string of the molecule is COc1ccc(CCNC2CCCC2CO)cc1. The Hall–Kier alpha value is -1.06. The number of hydrogen-bond acceptors (Lipinski definition) is 3. The van der Waals surface area contributed by atoms with Gasteiger partial charge in [0.25, 0.3) is 0 Å². The molecule has 1 saturated carbocycles. The average Bonchev–Trinajstić information content (AvgIpc) is 2.87. The summed E-state index contributed by atoms with van der Waals surface area (Å²) in [6, 6.07) is 8.73. The van der Waals surface area contributed by atoms with E-state index in [-0.39, 0.29) is 0 Å². The molecule has 2 N–H and O–H groups in total. The van der Waals surface area contributed by atoms with E-state index in [1.165, 1.54) is 18.4 Å². The Kier molecular flexibility index (Phi) is 5.02. The van der Waals surface area contributed by atoms with Gasteiger partial charge in [0, 0.05) is 12.6 Å². The van der Waals surface area contributed by atoms with Crippen molar-refractivity contribution in [3.05, 3.63) is 29.8 Å². The summed E-state index contributed by atoms with van der Waals surface area (Å²) in [6.45, 7) is 1.30. The summed E-state index contributed by atoms with van der Waals surface area (Å²) in [4.78, 5) is 0. The summed E-state index contributed by atoms with van der Waals surface area (Å²) in [6.07, 6.45) is 4.63. The molecule has 1 aromatic rings. The molecule has 0 bridgehead atoms. The third-order valence-corrected chi connectivity index (χ3v) is 3.87. The van der Waals surface area contributed by atoms with Crippen molar-refractivity contribution < 1.29 is 9.84 Å². The van der Waals surface area contributed by atoms with Crippen molar-refractivity contribution in [2.45, 2.75) is 31.7 Å². The molecule has 1 fully saturated rings. The van der Waals surface area contributed by atoms with Crippen LogP contribution in [0.25, 0.3) is 0 Å². The largest absolute Gasteiger partial charge is 0.497 e. The average molecular weight is 249 g/mol. The molecule has 2 unspecified atom stereocenters. The van der Waals surface area contributed by atoms with E-state index in [0.717, 1.165) is 25.1 Å². The minimum Gasteiger partial charge on any atom is -0.497 e. The zero-order valence-electron chi connectivity index (χ0n) is 11.1. The molecule has 1 aromatic carbocycles. The van der Waals surface area contributed by atoms with E-state index in [0.29, 0.717) is 18.6 Å². The number of aliphatic hydroxyl groups excluding tert-OH is 1. The van der Waals surface area contributed by atoms with Gasteiger partial charge >= 0.3 is 0 Å². The molecule has 1 aliphatic carbocycles. The Morgan fingerprint density at radius 1 is 1.28 bits per heavy atom. The van der Waals surface area contributed by atoms with Crippen molar-refractivity contribution in [3.63, 3.8) is 0 Å². The van der Waals surface area contributed by atoms with E-state index in [1.807, 2.05) is 12.1 Å². The molecular formula is C15H23NO2. The normalized spacial score (nSPS) is 23.2. The maximum absolute atomic E-state index is 9.26. The summed E-state index contributed by atoms with van der Waals surface area (Å²) in [5, 5.41) is 12.8. The Morgan fingerprint density at radius 3 is 2.72 bits per heavy atom. The number of ether oxygens (including phenoxy) is 1. The zero-order valence-corrected chi connectivity index (χ0v) is 11.1. The van der Waals surface area contributed by atoms with Crippen LogP contribution in [0.1, 0.15) is 24.8 Å². The highest BCUT2D eigenvalue weighted by molar-refractivity contribution is 5.27. The molecule has 0 aliphatic heterocycles. The summed E-state index contributed by atoms with van der Waals surface area (Å²) in [5.74, 6) is 1.36. The molecule has 0 radical (unpaired) electrons. The summed E-state index contributed by atoms with van der Waals surface area (Å²) in [5.41, 5.74) is 1.32. The van der Waals surface area contributed by atoms with E-state index in [2.05, 4.69) is 17.4 Å². The van der Waals surface area contributed by atoms with Crippen LogP contribution in [0.15, 0.2) is 24.3 Å². The van der Waals surface area contributed by atoms with Crippen molar-refractivity contribution >= 4 is 0 Å². The van der Waals surface area contributed by atoms with Crippen LogP contribution in [-0.2, 0) is 6.42 Å². The molecule has 3 nitrogen and oxygen atoms in total. The molecule has 0 spiro atoms. The van der Waals surface area contributed by atoms with Crippen LogP contribution in [-0.4, -0.2) is 31.4 Å². The molecule has 0 heterocycles. The first-order valence-electron chi connectivity index (χ1n) is 6.80. The fraction of sp³-hybridized carbons (Fsp3) is 0.600. The monoisotopic (exact) mass is 249 g/mol. The van der Waals surface area contributed by atoms with Gasteiger partial charge in [0.05, 0.1) is 7.11 Å². The highest BCUT2D eigenvalue weighted by Crippen LogP contribution is 2.24. The van der Waals surface area contributed by atoms with Gasteiger partial charge in [-0.2, -0.15) is 0 Å². The minimum absolute atomic E-state index is 0.320. The van der Waals surface area contributed by atoms with Crippen LogP contribution >= 0.6 is 0 Å². The molecule has 2 rings (SSSR count). The Morgan fingerprint density at radius 2 is 2.06 bits per heavy atom. The quantitative estimate of drug-likeness (QED) is 0.810. The number of aliphatic hydroxyl groups is 1. The number of hydrogen-bond donors (Lipinski definition) is 2. The highest BCUT2D eigenvalue weighted by Gasteiger charge is 2.25. The lowest BCUT2D eigenvalue weighted by molar-refractivity contribution is 0.206. The second kappa shape index (κ2) is 6.76. The van der Waals surface area contributed by atoms with Crippen molar-refractivity contribution in [1.29, 1.82) is 0 Å². The third kappa shape index (κ3) is 3.47. The molecule has 3 heteroatoms. The lowest BCUT2D eigenvalue weighted by Crippen LogP contribution is -2.35. The Labute approximate surface area is 109 Å². The van der Waals surface area contributed by atoms with Gasteiger partial charge in [-0.3, -0.25) is 0 Å². The predicted molar refractivity (Wildman–Crippen MR) is 72.9 cm³/mol. The maximum Gasteiger partial charge on any atom is 0.118 e. The van der Waals surface area contributed by atoms with Gasteiger partial charge in [-0.1, -0.05) is 18.6 Å². The standard InChI is InChI=1S/C15H23NO2/c1-18-14-7-5-12(6-8-14)9-10-16-15-4-2-3-13(15)11-17/h5-8,13,15-17H,2-4,9-11H2,1H3. The minimum atomic E-state index is 0.320. The van der Waals surface area contributed by atoms with Crippen LogP contribution in [0.4, 0.5) is 0 Å². The summed E-state index contributed by atoms with van der Waals surface area (Å²) < 4.78 is 5.14. The number of benzene rings is 1. The van der Waals surface area contributed by atoms with Crippen LogP contribution in [0.3, 0.4) is 0 Å². The first-order chi connectivity index (χ1) is 8.83.